The summed E-state index contributed by atoms with van der Waals surface area (Å²) >= 11 is 0. The highest BCUT2D eigenvalue weighted by atomic mass is 16.6. The molecule has 1 aromatic rings. The summed E-state index contributed by atoms with van der Waals surface area (Å²) in [4.78, 5) is 0. The Balaban J connectivity index is 2.27. The number of ether oxygens (including phenoxy) is 2. The Morgan fingerprint density at radius 3 is 2.50 bits per heavy atom. The molecule has 0 spiro atoms. The third-order valence-corrected chi connectivity index (χ3v) is 3.69. The van der Waals surface area contributed by atoms with Crippen molar-refractivity contribution in [1.29, 1.82) is 0 Å². The summed E-state index contributed by atoms with van der Waals surface area (Å²) in [5.41, 5.74) is 0.802. The molecule has 0 saturated carbocycles. The number of benzene rings is 1. The van der Waals surface area contributed by atoms with Gasteiger partial charge in [0, 0.05) is 12.0 Å². The topological polar surface area (TPSA) is 51.1 Å². The molecule has 1 N–H and O–H groups in total. The number of nitrogens with zero attached hydrogens (tertiary/aromatic N) is 1. The Bertz CT molecular complexity index is 520. The van der Waals surface area contributed by atoms with Crippen LogP contribution < -0.4 is 4.74 Å². The Morgan fingerprint density at radius 1 is 1.30 bits per heavy atom. The van der Waals surface area contributed by atoms with Crippen LogP contribution >= 0.6 is 0 Å². The first-order valence-corrected chi connectivity index (χ1v) is 6.90. The Kier molecular flexibility index (Phi) is 3.78. The Hall–Kier alpha value is -1.55. The van der Waals surface area contributed by atoms with Gasteiger partial charge in [-0.15, -0.1) is 0 Å². The predicted molar refractivity (Wildman–Crippen MR) is 78.7 cm³/mol. The Labute approximate surface area is 120 Å². The zero-order valence-corrected chi connectivity index (χ0v) is 12.8. The lowest BCUT2D eigenvalue weighted by Gasteiger charge is -2.28. The molecule has 4 nitrogen and oxygen atoms in total. The van der Waals surface area contributed by atoms with Crippen LogP contribution in [0.4, 0.5) is 0 Å². The van der Waals surface area contributed by atoms with E-state index in [9.17, 15) is 0 Å². The normalized spacial score (nSPS) is 24.6. The zero-order valence-electron chi connectivity index (χ0n) is 12.8. The van der Waals surface area contributed by atoms with Crippen LogP contribution in [0.1, 0.15) is 46.6 Å². The van der Waals surface area contributed by atoms with Gasteiger partial charge in [-0.1, -0.05) is 17.3 Å². The van der Waals surface area contributed by atoms with Gasteiger partial charge in [0.2, 0.25) is 0 Å². The van der Waals surface area contributed by atoms with Gasteiger partial charge in [-0.2, -0.15) is 0 Å². The molecule has 2 rings (SSSR count). The maximum Gasteiger partial charge on any atom is 0.130 e. The second-order valence-corrected chi connectivity index (χ2v) is 6.46. The van der Waals surface area contributed by atoms with Crippen LogP contribution in [0.25, 0.3) is 0 Å². The molecule has 1 aliphatic rings. The SMILES string of the molecule is C/C(=N/O)c1ccccc1OC1CC(C)(C)OC1(C)C. The van der Waals surface area contributed by atoms with E-state index in [0.29, 0.717) is 5.71 Å². The van der Waals surface area contributed by atoms with Crippen molar-refractivity contribution in [3.8, 4) is 5.75 Å². The summed E-state index contributed by atoms with van der Waals surface area (Å²) in [7, 11) is 0. The number of hydrogen-bond donors (Lipinski definition) is 1. The first-order chi connectivity index (χ1) is 9.25. The van der Waals surface area contributed by atoms with E-state index >= 15 is 0 Å². The molecule has 4 heteroatoms. The van der Waals surface area contributed by atoms with E-state index in [1.54, 1.807) is 6.92 Å². The summed E-state index contributed by atoms with van der Waals surface area (Å²) in [5.74, 6) is 0.724. The van der Waals surface area contributed by atoms with Gasteiger partial charge in [0.1, 0.15) is 17.5 Å². The summed E-state index contributed by atoms with van der Waals surface area (Å²) in [5, 5.41) is 12.2. The van der Waals surface area contributed by atoms with Crippen LogP contribution in [-0.2, 0) is 4.74 Å². The molecule has 0 aliphatic carbocycles. The average Bonchev–Trinajstić information content (AvgIpc) is 2.57. The molecule has 1 atom stereocenters. The minimum atomic E-state index is -0.346. The van der Waals surface area contributed by atoms with Crippen LogP contribution in [0.2, 0.25) is 0 Å². The smallest absolute Gasteiger partial charge is 0.130 e. The van der Waals surface area contributed by atoms with Crippen LogP contribution in [0.5, 0.6) is 5.75 Å². The molecule has 1 aromatic carbocycles. The van der Waals surface area contributed by atoms with E-state index in [0.717, 1.165) is 17.7 Å². The third-order valence-electron chi connectivity index (χ3n) is 3.69. The molecule has 0 bridgehead atoms. The summed E-state index contributed by atoms with van der Waals surface area (Å²) in [6.07, 6.45) is 0.786. The van der Waals surface area contributed by atoms with Gasteiger partial charge < -0.3 is 14.7 Å². The van der Waals surface area contributed by atoms with E-state index in [1.165, 1.54) is 0 Å². The predicted octanol–water partition coefficient (Wildman–Crippen LogP) is 3.61. The molecule has 1 saturated heterocycles. The van der Waals surface area contributed by atoms with Crippen LogP contribution in [0.15, 0.2) is 29.4 Å². The minimum absolute atomic E-state index is 0.0369. The lowest BCUT2D eigenvalue weighted by molar-refractivity contribution is -0.0846. The Morgan fingerprint density at radius 2 is 1.95 bits per heavy atom. The van der Waals surface area contributed by atoms with Gasteiger partial charge in [0.05, 0.1) is 11.3 Å². The maximum atomic E-state index is 8.97. The third kappa shape index (κ3) is 2.96. The molecule has 20 heavy (non-hydrogen) atoms. The fourth-order valence-corrected chi connectivity index (χ4v) is 2.77. The van der Waals surface area contributed by atoms with Gasteiger partial charge in [0.25, 0.3) is 0 Å². The lowest BCUT2D eigenvalue weighted by atomic mass is 9.97. The largest absolute Gasteiger partial charge is 0.487 e. The van der Waals surface area contributed by atoms with Crippen molar-refractivity contribution in [2.24, 2.45) is 5.16 Å². The van der Waals surface area contributed by atoms with Crippen LogP contribution in [0, 0.1) is 0 Å². The molecular formula is C16H23NO3. The molecule has 1 unspecified atom stereocenters. The van der Waals surface area contributed by atoms with Crippen LogP contribution in [0.3, 0.4) is 0 Å². The zero-order chi connectivity index (χ0) is 15.0. The fourth-order valence-electron chi connectivity index (χ4n) is 2.77. The van der Waals surface area contributed by atoms with Crippen molar-refractivity contribution >= 4 is 5.71 Å². The summed E-state index contributed by atoms with van der Waals surface area (Å²) in [6.45, 7) is 9.99. The number of para-hydroxylation sites is 1. The molecule has 1 aliphatic heterocycles. The molecule has 0 radical (unpaired) electrons. The quantitative estimate of drug-likeness (QED) is 0.521. The average molecular weight is 277 g/mol. The molecule has 1 heterocycles. The van der Waals surface area contributed by atoms with E-state index < -0.39 is 0 Å². The number of rotatable bonds is 3. The van der Waals surface area contributed by atoms with E-state index in [4.69, 9.17) is 14.7 Å². The van der Waals surface area contributed by atoms with Gasteiger partial charge in [-0.05, 0) is 46.8 Å². The molecule has 0 aromatic heterocycles. The second kappa shape index (κ2) is 5.09. The second-order valence-electron chi connectivity index (χ2n) is 6.46. The highest BCUT2D eigenvalue weighted by Crippen LogP contribution is 2.40. The highest BCUT2D eigenvalue weighted by molar-refractivity contribution is 6.00. The highest BCUT2D eigenvalue weighted by Gasteiger charge is 2.47. The van der Waals surface area contributed by atoms with Crippen molar-refractivity contribution in [3.63, 3.8) is 0 Å². The lowest BCUT2D eigenvalue weighted by Crippen LogP contribution is -2.37. The van der Waals surface area contributed by atoms with Crippen molar-refractivity contribution in [2.75, 3.05) is 0 Å². The summed E-state index contributed by atoms with van der Waals surface area (Å²) in [6, 6.07) is 7.60. The molecule has 1 fully saturated rings. The van der Waals surface area contributed by atoms with Crippen LogP contribution in [-0.4, -0.2) is 28.2 Å². The van der Waals surface area contributed by atoms with Gasteiger partial charge in [-0.3, -0.25) is 0 Å². The minimum Gasteiger partial charge on any atom is -0.487 e. The maximum absolute atomic E-state index is 8.97. The van der Waals surface area contributed by atoms with E-state index in [1.807, 2.05) is 38.1 Å². The number of hydrogen-bond acceptors (Lipinski definition) is 4. The van der Waals surface area contributed by atoms with Gasteiger partial charge in [0.15, 0.2) is 0 Å². The molecular weight excluding hydrogens is 254 g/mol. The molecule has 110 valence electrons. The van der Waals surface area contributed by atoms with Crippen molar-refractivity contribution in [1.82, 2.24) is 0 Å². The fraction of sp³-hybridized carbons (Fsp3) is 0.562. The van der Waals surface area contributed by atoms with Crippen molar-refractivity contribution < 1.29 is 14.7 Å². The van der Waals surface area contributed by atoms with E-state index in [-0.39, 0.29) is 17.3 Å². The first-order valence-electron chi connectivity index (χ1n) is 6.90. The first kappa shape index (κ1) is 14.9. The summed E-state index contributed by atoms with van der Waals surface area (Å²) < 4.78 is 12.2. The van der Waals surface area contributed by atoms with Gasteiger partial charge in [-0.25, -0.2) is 0 Å². The van der Waals surface area contributed by atoms with Crippen molar-refractivity contribution in [3.05, 3.63) is 29.8 Å². The standard InChI is InChI=1S/C16H23NO3/c1-11(17-18)12-8-6-7-9-13(12)19-14-10-15(2,3)20-16(14,4)5/h6-9,14,18H,10H2,1-5H3/b17-11-. The van der Waals surface area contributed by atoms with Gasteiger partial charge >= 0.3 is 0 Å². The van der Waals surface area contributed by atoms with Crippen molar-refractivity contribution in [2.45, 2.75) is 58.3 Å². The molecule has 0 amide bonds. The number of oxime groups is 1. The monoisotopic (exact) mass is 277 g/mol. The van der Waals surface area contributed by atoms with E-state index in [2.05, 4.69) is 19.0 Å².